The lowest BCUT2D eigenvalue weighted by atomic mass is 9.96. The largest absolute Gasteiger partial charge is 0.207 e. The van der Waals surface area contributed by atoms with Crippen LogP contribution in [0.2, 0.25) is 0 Å². The zero-order valence-electron chi connectivity index (χ0n) is 11.8. The molecule has 0 aliphatic carbocycles. The molecule has 21 heavy (non-hydrogen) atoms. The SMILES string of the molecule is Cc1cc(F)ccc1C(Cl)Cc1cccc2ccccc12. The monoisotopic (exact) mass is 298 g/mol. The Balaban J connectivity index is 1.94. The quantitative estimate of drug-likeness (QED) is 0.535. The minimum absolute atomic E-state index is 0.156. The molecule has 0 saturated heterocycles. The fourth-order valence-corrected chi connectivity index (χ4v) is 3.18. The summed E-state index contributed by atoms with van der Waals surface area (Å²) in [5.41, 5.74) is 3.11. The molecule has 0 aliphatic rings. The van der Waals surface area contributed by atoms with Crippen molar-refractivity contribution in [2.75, 3.05) is 0 Å². The smallest absolute Gasteiger partial charge is 0.123 e. The van der Waals surface area contributed by atoms with E-state index in [1.54, 1.807) is 6.07 Å². The van der Waals surface area contributed by atoms with Crippen LogP contribution in [0.1, 0.15) is 22.1 Å². The van der Waals surface area contributed by atoms with Gasteiger partial charge >= 0.3 is 0 Å². The summed E-state index contributed by atoms with van der Waals surface area (Å²) < 4.78 is 13.2. The van der Waals surface area contributed by atoms with Gasteiger partial charge in [0.2, 0.25) is 0 Å². The van der Waals surface area contributed by atoms with Gasteiger partial charge < -0.3 is 0 Å². The molecule has 0 aromatic heterocycles. The van der Waals surface area contributed by atoms with Crippen LogP contribution < -0.4 is 0 Å². The van der Waals surface area contributed by atoms with E-state index in [4.69, 9.17) is 11.6 Å². The van der Waals surface area contributed by atoms with Crippen molar-refractivity contribution in [3.05, 3.63) is 83.2 Å². The van der Waals surface area contributed by atoms with E-state index < -0.39 is 0 Å². The average molecular weight is 299 g/mol. The summed E-state index contributed by atoms with van der Waals surface area (Å²) in [6, 6.07) is 19.4. The maximum absolute atomic E-state index is 13.2. The van der Waals surface area contributed by atoms with E-state index in [1.165, 1.54) is 28.5 Å². The highest BCUT2D eigenvalue weighted by atomic mass is 35.5. The second-order valence-corrected chi connectivity index (χ2v) is 5.84. The molecule has 0 heterocycles. The summed E-state index contributed by atoms with van der Waals surface area (Å²) in [4.78, 5) is 0. The van der Waals surface area contributed by atoms with Gasteiger partial charge in [0, 0.05) is 0 Å². The Morgan fingerprint density at radius 1 is 1.00 bits per heavy atom. The molecule has 2 heteroatoms. The number of hydrogen-bond acceptors (Lipinski definition) is 0. The van der Waals surface area contributed by atoms with Crippen molar-refractivity contribution in [1.82, 2.24) is 0 Å². The fourth-order valence-electron chi connectivity index (χ4n) is 2.76. The summed E-state index contributed by atoms with van der Waals surface area (Å²) in [7, 11) is 0. The van der Waals surface area contributed by atoms with Crippen LogP contribution in [0, 0.1) is 12.7 Å². The van der Waals surface area contributed by atoms with Crippen molar-refractivity contribution in [3.8, 4) is 0 Å². The van der Waals surface area contributed by atoms with Crippen molar-refractivity contribution < 1.29 is 4.39 Å². The Hall–Kier alpha value is -1.86. The Bertz CT molecular complexity index is 774. The van der Waals surface area contributed by atoms with Gasteiger partial charge in [-0.05, 0) is 52.9 Å². The first-order valence-corrected chi connectivity index (χ1v) is 7.45. The minimum Gasteiger partial charge on any atom is -0.207 e. The highest BCUT2D eigenvalue weighted by Gasteiger charge is 2.13. The topological polar surface area (TPSA) is 0 Å². The van der Waals surface area contributed by atoms with Crippen LogP contribution in [-0.2, 0) is 6.42 Å². The zero-order chi connectivity index (χ0) is 14.8. The molecule has 0 radical (unpaired) electrons. The highest BCUT2D eigenvalue weighted by molar-refractivity contribution is 6.21. The summed E-state index contributed by atoms with van der Waals surface area (Å²) in [5, 5.41) is 2.29. The molecule has 0 fully saturated rings. The van der Waals surface area contributed by atoms with Gasteiger partial charge in [0.1, 0.15) is 5.82 Å². The van der Waals surface area contributed by atoms with E-state index in [-0.39, 0.29) is 11.2 Å². The molecule has 3 rings (SSSR count). The molecule has 0 N–H and O–H groups in total. The van der Waals surface area contributed by atoms with Crippen molar-refractivity contribution in [1.29, 1.82) is 0 Å². The highest BCUT2D eigenvalue weighted by Crippen LogP contribution is 2.30. The van der Waals surface area contributed by atoms with Crippen LogP contribution in [0.3, 0.4) is 0 Å². The zero-order valence-corrected chi connectivity index (χ0v) is 12.6. The first-order valence-electron chi connectivity index (χ1n) is 7.02. The number of fused-ring (bicyclic) bond motifs is 1. The molecule has 0 saturated carbocycles. The van der Waals surface area contributed by atoms with Crippen LogP contribution in [0.4, 0.5) is 4.39 Å². The predicted octanol–water partition coefficient (Wildman–Crippen LogP) is 5.81. The standard InChI is InChI=1S/C19H16ClF/c1-13-11-16(21)9-10-17(13)19(20)12-15-7-4-6-14-5-2-3-8-18(14)15/h2-11,19H,12H2,1H3. The third kappa shape index (κ3) is 2.93. The van der Waals surface area contributed by atoms with Crippen molar-refractivity contribution >= 4 is 22.4 Å². The lowest BCUT2D eigenvalue weighted by molar-refractivity contribution is 0.625. The summed E-state index contributed by atoms with van der Waals surface area (Å²) in [6.45, 7) is 1.90. The second kappa shape index (κ2) is 5.87. The molecule has 0 bridgehead atoms. The van der Waals surface area contributed by atoms with E-state index in [0.717, 1.165) is 17.5 Å². The number of aryl methyl sites for hydroxylation is 1. The van der Waals surface area contributed by atoms with Crippen LogP contribution >= 0.6 is 11.6 Å². The first kappa shape index (κ1) is 14.1. The molecule has 3 aromatic rings. The maximum atomic E-state index is 13.2. The minimum atomic E-state index is -0.217. The third-order valence-corrected chi connectivity index (χ3v) is 4.24. The molecule has 0 amide bonds. The Morgan fingerprint density at radius 2 is 1.76 bits per heavy atom. The number of benzene rings is 3. The molecule has 0 aliphatic heterocycles. The van der Waals surface area contributed by atoms with E-state index >= 15 is 0 Å². The summed E-state index contributed by atoms with van der Waals surface area (Å²) >= 11 is 6.58. The molecular formula is C19H16ClF. The van der Waals surface area contributed by atoms with Gasteiger partial charge in [-0.1, -0.05) is 48.5 Å². The van der Waals surface area contributed by atoms with Crippen LogP contribution in [-0.4, -0.2) is 0 Å². The lowest BCUT2D eigenvalue weighted by Crippen LogP contribution is -1.99. The van der Waals surface area contributed by atoms with Crippen LogP contribution in [0.25, 0.3) is 10.8 Å². The number of rotatable bonds is 3. The van der Waals surface area contributed by atoms with Gasteiger partial charge in [0.05, 0.1) is 5.38 Å². The molecule has 0 nitrogen and oxygen atoms in total. The Labute approximate surface area is 129 Å². The number of hydrogen-bond donors (Lipinski definition) is 0. The normalized spacial score (nSPS) is 12.5. The third-order valence-electron chi connectivity index (χ3n) is 3.85. The Kier molecular flexibility index (Phi) is 3.94. The van der Waals surface area contributed by atoms with E-state index in [2.05, 4.69) is 30.3 Å². The summed E-state index contributed by atoms with van der Waals surface area (Å²) in [5.74, 6) is -0.217. The molecule has 0 spiro atoms. The van der Waals surface area contributed by atoms with Gasteiger partial charge in [-0.2, -0.15) is 0 Å². The van der Waals surface area contributed by atoms with Gasteiger partial charge in [-0.3, -0.25) is 0 Å². The first-order chi connectivity index (χ1) is 10.1. The van der Waals surface area contributed by atoms with E-state index in [1.807, 2.05) is 19.1 Å². The van der Waals surface area contributed by atoms with Crippen molar-refractivity contribution in [2.45, 2.75) is 18.7 Å². The van der Waals surface area contributed by atoms with E-state index in [0.29, 0.717) is 0 Å². The van der Waals surface area contributed by atoms with Gasteiger partial charge in [-0.15, -0.1) is 11.6 Å². The Morgan fingerprint density at radius 3 is 2.57 bits per heavy atom. The lowest BCUT2D eigenvalue weighted by Gasteiger charge is -2.14. The number of alkyl halides is 1. The number of halogens is 2. The van der Waals surface area contributed by atoms with Gasteiger partial charge in [0.15, 0.2) is 0 Å². The van der Waals surface area contributed by atoms with Crippen molar-refractivity contribution in [2.24, 2.45) is 0 Å². The average Bonchev–Trinajstić information content (AvgIpc) is 2.47. The van der Waals surface area contributed by atoms with Crippen LogP contribution in [0.5, 0.6) is 0 Å². The molecule has 106 valence electrons. The second-order valence-electron chi connectivity index (χ2n) is 5.31. The molecule has 3 aromatic carbocycles. The molecule has 1 atom stereocenters. The molecular weight excluding hydrogens is 283 g/mol. The van der Waals surface area contributed by atoms with Gasteiger partial charge in [-0.25, -0.2) is 4.39 Å². The fraction of sp³-hybridized carbons (Fsp3) is 0.158. The predicted molar refractivity (Wildman–Crippen MR) is 87.4 cm³/mol. The van der Waals surface area contributed by atoms with E-state index in [9.17, 15) is 4.39 Å². The van der Waals surface area contributed by atoms with Gasteiger partial charge in [0.25, 0.3) is 0 Å². The summed E-state index contributed by atoms with van der Waals surface area (Å²) in [6.07, 6.45) is 0.732. The molecule has 1 unspecified atom stereocenters. The van der Waals surface area contributed by atoms with Crippen molar-refractivity contribution in [3.63, 3.8) is 0 Å². The maximum Gasteiger partial charge on any atom is 0.123 e. The van der Waals surface area contributed by atoms with Crippen LogP contribution in [0.15, 0.2) is 60.7 Å².